The Balaban J connectivity index is 1.21. The summed E-state index contributed by atoms with van der Waals surface area (Å²) in [4.78, 5) is 78.0. The normalized spacial score (nSPS) is 14.0. The molecule has 0 atom stereocenters. The van der Waals surface area contributed by atoms with E-state index >= 15 is 9.59 Å². The number of aromatic nitrogens is 4. The van der Waals surface area contributed by atoms with Gasteiger partial charge in [-0.15, -0.1) is 0 Å². The minimum absolute atomic E-state index is 0.118. The second kappa shape index (κ2) is 19.5. The summed E-state index contributed by atoms with van der Waals surface area (Å²) in [5.74, 6) is 0.286. The topological polar surface area (TPSA) is 169 Å². The summed E-state index contributed by atoms with van der Waals surface area (Å²) in [5.41, 5.74) is 2.52. The molecule has 0 radical (unpaired) electrons. The third-order valence-electron chi connectivity index (χ3n) is 10.9. The number of amides is 4. The highest BCUT2D eigenvalue weighted by Gasteiger charge is 2.38. The molecule has 4 heterocycles. The number of carbonyl (C=O) groups is 4. The molecule has 2 aliphatic rings. The fourth-order valence-electron chi connectivity index (χ4n) is 7.81. The number of carbonyl (C=O) groups excluding carboxylic acids is 4. The van der Waals surface area contributed by atoms with E-state index in [1.54, 1.807) is 91.6 Å². The summed E-state index contributed by atoms with van der Waals surface area (Å²) in [5, 5.41) is 8.56. The second-order valence-electron chi connectivity index (χ2n) is 15.4. The molecule has 4 amide bonds. The molecule has 0 spiro atoms. The van der Waals surface area contributed by atoms with Gasteiger partial charge in [0.25, 0.3) is 0 Å². The predicted octanol–water partition coefficient (Wildman–Crippen LogP) is 10.6. The average Bonchev–Trinajstić information content (AvgIpc) is 4.15. The summed E-state index contributed by atoms with van der Waals surface area (Å²) < 4.78 is 11.7. The first-order valence-corrected chi connectivity index (χ1v) is 22.3. The van der Waals surface area contributed by atoms with Crippen LogP contribution >= 0.6 is 22.7 Å². The number of ether oxygens (including phenoxy) is 2. The molecule has 16 heteroatoms. The number of anilines is 4. The molecule has 0 unspecified atom stereocenters. The van der Waals surface area contributed by atoms with Crippen molar-refractivity contribution in [2.75, 3.05) is 20.7 Å². The molecule has 6 aromatic rings. The second-order valence-corrected chi connectivity index (χ2v) is 17.6. The van der Waals surface area contributed by atoms with Crippen LogP contribution in [0.15, 0.2) is 97.7 Å². The number of thiazole rings is 2. The van der Waals surface area contributed by atoms with Gasteiger partial charge in [-0.3, -0.25) is 25.2 Å². The molecule has 2 N–H and O–H groups in total. The van der Waals surface area contributed by atoms with Gasteiger partial charge in [0.15, 0.2) is 21.8 Å². The highest BCUT2D eigenvalue weighted by atomic mass is 32.1. The number of rotatable bonds is 14. The molecular formula is C46H46N8O6S2. The molecule has 2 aliphatic carbocycles. The molecule has 0 saturated heterocycles. The van der Waals surface area contributed by atoms with Crippen LogP contribution in [0.3, 0.4) is 0 Å². The van der Waals surface area contributed by atoms with E-state index in [9.17, 15) is 9.59 Å². The van der Waals surface area contributed by atoms with E-state index < -0.39 is 12.1 Å². The molecule has 2 saturated carbocycles. The van der Waals surface area contributed by atoms with Gasteiger partial charge in [0.2, 0.25) is 5.88 Å². The van der Waals surface area contributed by atoms with Crippen LogP contribution in [0.4, 0.5) is 31.2 Å². The van der Waals surface area contributed by atoms with Gasteiger partial charge in [0, 0.05) is 53.8 Å². The van der Waals surface area contributed by atoms with Crippen molar-refractivity contribution < 1.29 is 28.7 Å². The van der Waals surface area contributed by atoms with Crippen LogP contribution in [0.25, 0.3) is 0 Å². The Morgan fingerprint density at radius 3 is 1.65 bits per heavy atom. The van der Waals surface area contributed by atoms with Crippen molar-refractivity contribution in [2.24, 2.45) is 11.8 Å². The molecular weight excluding hydrogens is 825 g/mol. The smallest absolute Gasteiger partial charge is 0.347 e. The number of benzene rings is 2. The highest BCUT2D eigenvalue weighted by molar-refractivity contribution is 7.16. The average molecular weight is 871 g/mol. The van der Waals surface area contributed by atoms with Gasteiger partial charge in [-0.1, -0.05) is 77.7 Å². The number of urea groups is 2. The maximum absolute atomic E-state index is 15.2. The maximum Gasteiger partial charge on any atom is 0.347 e. The van der Waals surface area contributed by atoms with Crippen molar-refractivity contribution in [3.8, 4) is 11.6 Å². The van der Waals surface area contributed by atoms with Crippen LogP contribution < -0.4 is 30.1 Å². The Bertz CT molecular complexity index is 2360. The Morgan fingerprint density at radius 2 is 1.16 bits per heavy atom. The first kappa shape index (κ1) is 42.2. The summed E-state index contributed by atoms with van der Waals surface area (Å²) in [6, 6.07) is 17.8. The van der Waals surface area contributed by atoms with Crippen LogP contribution in [-0.4, -0.2) is 43.6 Å². The van der Waals surface area contributed by atoms with E-state index in [2.05, 4.69) is 30.6 Å². The lowest BCUT2D eigenvalue weighted by Crippen LogP contribution is -2.55. The van der Waals surface area contributed by atoms with Gasteiger partial charge in [-0.25, -0.2) is 24.5 Å². The SMILES string of the molecule is Cc1ccc(N(C(=O)Nc2ncc(COc3cccnc3)s2)N(C(=O)Nc2ncc(COc3ccccn3)s2)c2ccc(C)cc2C(=O)C2CCCC2)c(C(=O)C2CCCC2)c1. The predicted molar refractivity (Wildman–Crippen MR) is 239 cm³/mol. The van der Waals surface area contributed by atoms with Crippen LogP contribution in [0, 0.1) is 25.7 Å². The molecule has 4 aromatic heterocycles. The molecule has 8 rings (SSSR count). The Hall–Kier alpha value is -6.52. The van der Waals surface area contributed by atoms with E-state index in [0.717, 1.165) is 72.5 Å². The summed E-state index contributed by atoms with van der Waals surface area (Å²) in [7, 11) is 0. The highest BCUT2D eigenvalue weighted by Crippen LogP contribution is 2.38. The number of ketones is 2. The molecule has 2 aromatic carbocycles. The zero-order valence-electron chi connectivity index (χ0n) is 34.4. The van der Waals surface area contributed by atoms with Crippen molar-refractivity contribution in [3.05, 3.63) is 130 Å². The summed E-state index contributed by atoms with van der Waals surface area (Å²) in [6.45, 7) is 4.09. The van der Waals surface area contributed by atoms with Crippen LogP contribution in [0.1, 0.15) is 93.0 Å². The lowest BCUT2D eigenvalue weighted by atomic mass is 9.93. The van der Waals surface area contributed by atoms with Crippen molar-refractivity contribution in [1.29, 1.82) is 0 Å². The first-order chi connectivity index (χ1) is 30.2. The number of nitrogens with one attached hydrogen (secondary N) is 2. The van der Waals surface area contributed by atoms with Crippen LogP contribution in [-0.2, 0) is 13.2 Å². The number of hydrogen-bond acceptors (Lipinski definition) is 12. The minimum Gasteiger partial charge on any atom is -0.486 e. The molecule has 0 bridgehead atoms. The van der Waals surface area contributed by atoms with Gasteiger partial charge in [0.1, 0.15) is 19.0 Å². The first-order valence-electron chi connectivity index (χ1n) is 20.7. The van der Waals surface area contributed by atoms with E-state index in [1.165, 1.54) is 22.7 Å². The van der Waals surface area contributed by atoms with Crippen LogP contribution in [0.2, 0.25) is 0 Å². The number of pyridine rings is 2. The quantitative estimate of drug-likeness (QED) is 0.0793. The Kier molecular flexibility index (Phi) is 13.2. The van der Waals surface area contributed by atoms with E-state index in [1.807, 2.05) is 19.9 Å². The monoisotopic (exact) mass is 870 g/mol. The van der Waals surface area contributed by atoms with Gasteiger partial charge in [-0.2, -0.15) is 10.0 Å². The van der Waals surface area contributed by atoms with E-state index in [4.69, 9.17) is 9.47 Å². The molecule has 14 nitrogen and oxygen atoms in total. The van der Waals surface area contributed by atoms with Crippen LogP contribution in [0.5, 0.6) is 11.6 Å². The summed E-state index contributed by atoms with van der Waals surface area (Å²) >= 11 is 2.39. The van der Waals surface area contributed by atoms with E-state index in [-0.39, 0.29) is 69.4 Å². The fraction of sp³-hybridized carbons (Fsp3) is 0.304. The Morgan fingerprint density at radius 1 is 0.629 bits per heavy atom. The van der Waals surface area contributed by atoms with Gasteiger partial charge < -0.3 is 9.47 Å². The summed E-state index contributed by atoms with van der Waals surface area (Å²) in [6.07, 6.45) is 14.7. The number of hydrazine groups is 1. The van der Waals surface area contributed by atoms with Crippen molar-refractivity contribution >= 4 is 67.9 Å². The minimum atomic E-state index is -0.791. The zero-order valence-corrected chi connectivity index (χ0v) is 36.0. The molecule has 318 valence electrons. The lowest BCUT2D eigenvalue weighted by Gasteiger charge is -2.36. The Labute approximate surface area is 367 Å². The van der Waals surface area contributed by atoms with Crippen molar-refractivity contribution in [3.63, 3.8) is 0 Å². The molecule has 0 aliphatic heterocycles. The number of nitrogens with zero attached hydrogens (tertiary/aromatic N) is 6. The molecule has 2 fully saturated rings. The maximum atomic E-state index is 15.2. The lowest BCUT2D eigenvalue weighted by molar-refractivity contribution is 0.0915. The van der Waals surface area contributed by atoms with Gasteiger partial charge in [0.05, 0.1) is 27.3 Å². The van der Waals surface area contributed by atoms with Gasteiger partial charge in [-0.05, 0) is 82.0 Å². The number of Topliss-reactive ketones (excluding diaryl/α,β-unsaturated/α-hetero) is 2. The molecule has 62 heavy (non-hydrogen) atoms. The number of aryl methyl sites for hydroxylation is 2. The standard InChI is InChI=1S/C46H46N8O6S2/c1-29-16-18-38(36(22-29)41(55)31-10-3-4-11-31)53(45(57)51-43-49-25-34(61-43)27-59-33-14-9-20-47-24-33)54(39-19-17-30(2)23-37(39)42(56)32-12-5-6-13-32)46(58)52-44-50-26-35(62-44)28-60-40-15-7-8-21-48-40/h7-9,14-26,31-32H,3-6,10-13,27-28H2,1-2H3,(H,49,51,57)(H,50,52,58). The third kappa shape index (κ3) is 9.98. The fourth-order valence-corrected chi connectivity index (χ4v) is 9.24. The van der Waals surface area contributed by atoms with Crippen molar-refractivity contribution in [2.45, 2.75) is 78.4 Å². The van der Waals surface area contributed by atoms with Gasteiger partial charge >= 0.3 is 12.1 Å². The van der Waals surface area contributed by atoms with Crippen molar-refractivity contribution in [1.82, 2.24) is 19.9 Å². The number of hydrogen-bond donors (Lipinski definition) is 2. The van der Waals surface area contributed by atoms with E-state index in [0.29, 0.717) is 21.4 Å². The third-order valence-corrected chi connectivity index (χ3v) is 12.7. The largest absolute Gasteiger partial charge is 0.486 e. The zero-order chi connectivity index (χ0) is 43.0.